The van der Waals surface area contributed by atoms with Gasteiger partial charge in [0.25, 0.3) is 5.91 Å². The lowest BCUT2D eigenvalue weighted by Gasteiger charge is -2.08. The molecule has 0 unspecified atom stereocenters. The molecule has 7 heteroatoms. The number of benzene rings is 3. The fraction of sp³-hybridized carbons (Fsp3) is 0.125. The van der Waals surface area contributed by atoms with Gasteiger partial charge >= 0.3 is 5.97 Å². The lowest BCUT2D eigenvalue weighted by atomic mass is 10.0. The van der Waals surface area contributed by atoms with Crippen molar-refractivity contribution in [2.45, 2.75) is 0 Å². The van der Waals surface area contributed by atoms with E-state index in [9.17, 15) is 14.4 Å². The summed E-state index contributed by atoms with van der Waals surface area (Å²) in [6.45, 7) is -0.752. The molecule has 0 spiro atoms. The molecule has 1 amide bonds. The van der Waals surface area contributed by atoms with Gasteiger partial charge in [-0.05, 0) is 57.4 Å². The van der Waals surface area contributed by atoms with E-state index in [1.54, 1.807) is 30.3 Å². The Bertz CT molecular complexity index is 1080. The molecule has 0 atom stereocenters. The summed E-state index contributed by atoms with van der Waals surface area (Å²) in [5, 5.41) is 2.50. The number of Topliss-reactive ketones (excluding diaryl/α,β-unsaturated/α-hetero) is 1. The van der Waals surface area contributed by atoms with Crippen LogP contribution in [0, 0.1) is 0 Å². The maximum absolute atomic E-state index is 12.3. The second-order valence-corrected chi connectivity index (χ2v) is 7.41. The Morgan fingerprint density at radius 1 is 0.871 bits per heavy atom. The molecule has 0 saturated carbocycles. The highest BCUT2D eigenvalue weighted by molar-refractivity contribution is 9.10. The van der Waals surface area contributed by atoms with Gasteiger partial charge in [-0.1, -0.05) is 42.5 Å². The largest absolute Gasteiger partial charge is 0.496 e. The smallest absolute Gasteiger partial charge is 0.325 e. The molecule has 0 saturated heterocycles. The molecule has 0 bridgehead atoms. The molecule has 1 N–H and O–H groups in total. The van der Waals surface area contributed by atoms with Crippen LogP contribution in [0.5, 0.6) is 5.75 Å². The van der Waals surface area contributed by atoms with Gasteiger partial charge in [0.2, 0.25) is 0 Å². The summed E-state index contributed by atoms with van der Waals surface area (Å²) in [5.41, 5.74) is 2.83. The van der Waals surface area contributed by atoms with Crippen LogP contribution >= 0.6 is 15.9 Å². The SMILES string of the molecule is COc1ccc(C(=O)COC(=O)CNC(=O)c2ccc(-c3ccccc3)cc2)cc1Br. The Morgan fingerprint density at radius 3 is 2.16 bits per heavy atom. The van der Waals surface area contributed by atoms with Gasteiger partial charge in [0.1, 0.15) is 12.3 Å². The van der Waals surface area contributed by atoms with E-state index < -0.39 is 18.5 Å². The van der Waals surface area contributed by atoms with Crippen molar-refractivity contribution < 1.29 is 23.9 Å². The minimum Gasteiger partial charge on any atom is -0.496 e. The minimum atomic E-state index is -0.699. The Labute approximate surface area is 188 Å². The van der Waals surface area contributed by atoms with Gasteiger partial charge in [0, 0.05) is 11.1 Å². The van der Waals surface area contributed by atoms with Crippen molar-refractivity contribution in [3.05, 3.63) is 88.4 Å². The van der Waals surface area contributed by atoms with Gasteiger partial charge in [-0.25, -0.2) is 0 Å². The average molecular weight is 482 g/mol. The highest BCUT2D eigenvalue weighted by Gasteiger charge is 2.13. The number of esters is 1. The van der Waals surface area contributed by atoms with E-state index in [4.69, 9.17) is 9.47 Å². The van der Waals surface area contributed by atoms with Gasteiger partial charge in [0.05, 0.1) is 11.6 Å². The highest BCUT2D eigenvalue weighted by Crippen LogP contribution is 2.25. The van der Waals surface area contributed by atoms with Crippen LogP contribution in [0.4, 0.5) is 0 Å². The van der Waals surface area contributed by atoms with Gasteiger partial charge in [0.15, 0.2) is 12.4 Å². The number of ether oxygens (including phenoxy) is 2. The maximum atomic E-state index is 12.3. The van der Waals surface area contributed by atoms with Crippen molar-refractivity contribution in [3.8, 4) is 16.9 Å². The lowest BCUT2D eigenvalue weighted by molar-refractivity contribution is -0.141. The minimum absolute atomic E-state index is 0.334. The van der Waals surface area contributed by atoms with Crippen molar-refractivity contribution in [3.63, 3.8) is 0 Å². The Morgan fingerprint density at radius 2 is 1.52 bits per heavy atom. The van der Waals surface area contributed by atoms with E-state index in [2.05, 4.69) is 21.2 Å². The first-order valence-corrected chi connectivity index (χ1v) is 10.2. The molecule has 0 aliphatic carbocycles. The lowest BCUT2D eigenvalue weighted by Crippen LogP contribution is -2.31. The number of carbonyl (C=O) groups excluding carboxylic acids is 3. The molecule has 0 aromatic heterocycles. The first kappa shape index (κ1) is 22.2. The standard InChI is InChI=1S/C24H20BrNO5/c1-30-22-12-11-19(13-20(22)25)21(27)15-31-23(28)14-26-24(29)18-9-7-17(8-10-18)16-5-3-2-4-6-16/h2-13H,14-15H2,1H3,(H,26,29). The molecule has 3 aromatic rings. The van der Waals surface area contributed by atoms with Crippen LogP contribution in [0.2, 0.25) is 0 Å². The number of rotatable bonds is 8. The zero-order valence-electron chi connectivity index (χ0n) is 16.8. The second-order valence-electron chi connectivity index (χ2n) is 6.56. The number of halogens is 1. The van der Waals surface area contributed by atoms with Crippen molar-refractivity contribution >= 4 is 33.6 Å². The van der Waals surface area contributed by atoms with E-state index >= 15 is 0 Å². The monoisotopic (exact) mass is 481 g/mol. The molecule has 6 nitrogen and oxygen atoms in total. The first-order chi connectivity index (χ1) is 15.0. The average Bonchev–Trinajstić information content (AvgIpc) is 2.81. The summed E-state index contributed by atoms with van der Waals surface area (Å²) < 4.78 is 10.7. The summed E-state index contributed by atoms with van der Waals surface area (Å²) in [7, 11) is 1.52. The molecule has 0 fully saturated rings. The maximum Gasteiger partial charge on any atom is 0.325 e. The van der Waals surface area contributed by atoms with Gasteiger partial charge in [-0.2, -0.15) is 0 Å². The summed E-state index contributed by atoms with van der Waals surface area (Å²) in [6.07, 6.45) is 0. The predicted octanol–water partition coefficient (Wildman–Crippen LogP) is 4.28. The van der Waals surface area contributed by atoms with Gasteiger partial charge in [-0.15, -0.1) is 0 Å². The van der Waals surface area contributed by atoms with Gasteiger partial charge in [-0.3, -0.25) is 14.4 Å². The number of ketones is 1. The van der Waals surface area contributed by atoms with Gasteiger partial charge < -0.3 is 14.8 Å². The molecule has 31 heavy (non-hydrogen) atoms. The van der Waals surface area contributed by atoms with Crippen LogP contribution in [0.25, 0.3) is 11.1 Å². The summed E-state index contributed by atoms with van der Waals surface area (Å²) in [5.74, 6) is -0.871. The van der Waals surface area contributed by atoms with Crippen LogP contribution < -0.4 is 10.1 Å². The van der Waals surface area contributed by atoms with Crippen LogP contribution in [0.15, 0.2) is 77.3 Å². The fourth-order valence-electron chi connectivity index (χ4n) is 2.82. The molecular weight excluding hydrogens is 462 g/mol. The summed E-state index contributed by atoms with van der Waals surface area (Å²) in [4.78, 5) is 36.3. The van der Waals surface area contributed by atoms with Crippen molar-refractivity contribution in [2.75, 3.05) is 20.3 Å². The number of carbonyl (C=O) groups is 3. The second kappa shape index (κ2) is 10.5. The fourth-order valence-corrected chi connectivity index (χ4v) is 3.36. The normalized spacial score (nSPS) is 10.3. The summed E-state index contributed by atoms with van der Waals surface area (Å²) >= 11 is 3.30. The third-order valence-electron chi connectivity index (χ3n) is 4.49. The Balaban J connectivity index is 1.47. The van der Waals surface area contributed by atoms with E-state index in [0.717, 1.165) is 11.1 Å². The first-order valence-electron chi connectivity index (χ1n) is 9.44. The predicted molar refractivity (Wildman–Crippen MR) is 120 cm³/mol. The van der Waals surface area contributed by atoms with Crippen molar-refractivity contribution in [1.82, 2.24) is 5.32 Å². The summed E-state index contributed by atoms with van der Waals surface area (Å²) in [6, 6.07) is 21.7. The number of hydrogen-bond donors (Lipinski definition) is 1. The third kappa shape index (κ3) is 6.02. The molecule has 0 heterocycles. The molecule has 3 rings (SSSR count). The van der Waals surface area contributed by atoms with Crippen LogP contribution in [-0.4, -0.2) is 37.9 Å². The van der Waals surface area contributed by atoms with Crippen LogP contribution in [-0.2, 0) is 9.53 Å². The molecule has 0 aliphatic heterocycles. The Hall–Kier alpha value is -3.45. The third-order valence-corrected chi connectivity index (χ3v) is 5.11. The molecule has 0 radical (unpaired) electrons. The van der Waals surface area contributed by atoms with E-state index in [1.807, 2.05) is 42.5 Å². The number of nitrogens with one attached hydrogen (secondary N) is 1. The zero-order chi connectivity index (χ0) is 22.2. The van der Waals surface area contributed by atoms with Crippen molar-refractivity contribution in [2.24, 2.45) is 0 Å². The van der Waals surface area contributed by atoms with E-state index in [0.29, 0.717) is 21.3 Å². The molecular formula is C24H20BrNO5. The molecule has 0 aliphatic rings. The Kier molecular flexibility index (Phi) is 7.56. The topological polar surface area (TPSA) is 81.7 Å². The van der Waals surface area contributed by atoms with E-state index in [-0.39, 0.29) is 12.3 Å². The van der Waals surface area contributed by atoms with Crippen LogP contribution in [0.3, 0.4) is 0 Å². The van der Waals surface area contributed by atoms with Crippen molar-refractivity contribution in [1.29, 1.82) is 0 Å². The quantitative estimate of drug-likeness (QED) is 0.383. The van der Waals surface area contributed by atoms with Crippen LogP contribution in [0.1, 0.15) is 20.7 Å². The molecule has 158 valence electrons. The number of amides is 1. The number of methoxy groups -OCH3 is 1. The zero-order valence-corrected chi connectivity index (χ0v) is 18.3. The highest BCUT2D eigenvalue weighted by atomic mass is 79.9. The molecule has 3 aromatic carbocycles. The number of hydrogen-bond acceptors (Lipinski definition) is 5. The van der Waals surface area contributed by atoms with E-state index in [1.165, 1.54) is 7.11 Å².